The van der Waals surface area contributed by atoms with Gasteiger partial charge in [-0.1, -0.05) is 0 Å². The highest BCUT2D eigenvalue weighted by atomic mass is 19.1. The van der Waals surface area contributed by atoms with Crippen LogP contribution in [0.1, 0.15) is 62.5 Å². The third kappa shape index (κ3) is 6.51. The number of nitrogens with zero attached hydrogens (tertiary/aromatic N) is 7. The predicted molar refractivity (Wildman–Crippen MR) is 194 cm³/mol. The summed E-state index contributed by atoms with van der Waals surface area (Å²) >= 11 is 0. The number of nitrogens with one attached hydrogen (secondary N) is 1. The molecular weight excluding hydrogens is 667 g/mol. The molecule has 0 saturated carbocycles. The van der Waals surface area contributed by atoms with Crippen LogP contribution in [0.15, 0.2) is 36.7 Å². The number of rotatable bonds is 7. The fourth-order valence-electron chi connectivity index (χ4n) is 9.50. The maximum Gasteiger partial charge on any atom is 0.311 e. The van der Waals surface area contributed by atoms with Crippen LogP contribution in [0.5, 0.6) is 5.75 Å². The molecule has 1 atom stereocenters. The van der Waals surface area contributed by atoms with E-state index in [1.165, 1.54) is 7.11 Å². The second kappa shape index (κ2) is 13.8. The van der Waals surface area contributed by atoms with E-state index in [2.05, 4.69) is 30.0 Å². The van der Waals surface area contributed by atoms with Crippen LogP contribution < -0.4 is 19.9 Å². The van der Waals surface area contributed by atoms with Crippen molar-refractivity contribution in [1.29, 1.82) is 0 Å². The number of imide groups is 1. The van der Waals surface area contributed by atoms with Gasteiger partial charge in [-0.25, -0.2) is 4.39 Å². The van der Waals surface area contributed by atoms with E-state index in [1.807, 2.05) is 19.3 Å². The number of piperidine rings is 4. The van der Waals surface area contributed by atoms with Gasteiger partial charge in [-0.3, -0.25) is 34.6 Å². The summed E-state index contributed by atoms with van der Waals surface area (Å²) < 4.78 is 22.9. The van der Waals surface area contributed by atoms with Gasteiger partial charge in [0.15, 0.2) is 5.75 Å². The summed E-state index contributed by atoms with van der Waals surface area (Å²) in [7, 11) is 3.31. The number of ether oxygens (including phenoxy) is 1. The predicted octanol–water partition coefficient (Wildman–Crippen LogP) is 4.62. The van der Waals surface area contributed by atoms with Gasteiger partial charge >= 0.3 is 5.69 Å². The molecule has 0 bridgehead atoms. The molecule has 3 aromatic rings. The first-order valence-electron chi connectivity index (χ1n) is 18.6. The van der Waals surface area contributed by atoms with Crippen LogP contribution in [0.4, 0.5) is 21.5 Å². The number of benzene rings is 2. The van der Waals surface area contributed by atoms with E-state index in [1.54, 1.807) is 29.1 Å². The van der Waals surface area contributed by atoms with E-state index in [9.17, 15) is 19.7 Å². The maximum absolute atomic E-state index is 15.7. The van der Waals surface area contributed by atoms with Crippen molar-refractivity contribution < 1.29 is 23.6 Å². The van der Waals surface area contributed by atoms with Crippen molar-refractivity contribution in [1.82, 2.24) is 24.9 Å². The first-order valence-corrected chi connectivity index (χ1v) is 18.6. The van der Waals surface area contributed by atoms with E-state index < -0.39 is 4.92 Å². The van der Waals surface area contributed by atoms with Gasteiger partial charge in [0.1, 0.15) is 5.82 Å². The van der Waals surface area contributed by atoms with Gasteiger partial charge in [0.25, 0.3) is 0 Å². The Hall–Kier alpha value is -4.56. The molecule has 52 heavy (non-hydrogen) atoms. The molecule has 4 saturated heterocycles. The Balaban J connectivity index is 0.899. The number of carbonyl (C=O) groups excluding carboxylic acids is 2. The summed E-state index contributed by atoms with van der Waals surface area (Å²) in [4.78, 5) is 44.9. The molecule has 8 rings (SSSR count). The summed E-state index contributed by atoms with van der Waals surface area (Å²) in [5.41, 5.74) is 5.32. The Bertz CT molecular complexity index is 1880. The normalized spacial score (nSPS) is 22.9. The van der Waals surface area contributed by atoms with Crippen molar-refractivity contribution in [2.75, 3.05) is 56.2 Å². The number of anilines is 2. The van der Waals surface area contributed by atoms with Crippen molar-refractivity contribution in [3.63, 3.8) is 0 Å². The molecule has 13 nitrogen and oxygen atoms in total. The lowest BCUT2D eigenvalue weighted by Gasteiger charge is -2.50. The van der Waals surface area contributed by atoms with Crippen LogP contribution in [-0.2, 0) is 29.7 Å². The zero-order valence-electron chi connectivity index (χ0n) is 30.0. The SMILES string of the molecule is COc1cc(N2CCC(N3CCC4(CCCN(c5cc6c(cc5F)CN(C5CCC(=O)NC5=O)C6)C4)CC3)CC2)c(-c2cnn(C)c2)cc1[N+](=O)[O-]. The molecule has 1 spiro atoms. The molecule has 1 unspecified atom stereocenters. The zero-order valence-corrected chi connectivity index (χ0v) is 30.0. The van der Waals surface area contributed by atoms with Crippen molar-refractivity contribution in [2.24, 2.45) is 12.5 Å². The van der Waals surface area contributed by atoms with Crippen LogP contribution >= 0.6 is 0 Å². The van der Waals surface area contributed by atoms with Crippen LogP contribution in [0.2, 0.25) is 0 Å². The largest absolute Gasteiger partial charge is 0.490 e. The molecule has 1 aromatic heterocycles. The Kier molecular flexibility index (Phi) is 9.14. The number of methoxy groups -OCH3 is 1. The van der Waals surface area contributed by atoms with Crippen LogP contribution in [0.25, 0.3) is 11.1 Å². The minimum Gasteiger partial charge on any atom is -0.490 e. The van der Waals surface area contributed by atoms with E-state index >= 15 is 4.39 Å². The van der Waals surface area contributed by atoms with Gasteiger partial charge in [0.2, 0.25) is 11.8 Å². The summed E-state index contributed by atoms with van der Waals surface area (Å²) in [6.45, 7) is 6.53. The quantitative estimate of drug-likeness (QED) is 0.211. The molecule has 2 amide bonds. The number of halogens is 1. The van der Waals surface area contributed by atoms with Crippen molar-refractivity contribution in [3.8, 4) is 16.9 Å². The minimum absolute atomic E-state index is 0.0566. The number of nitro groups is 1. The van der Waals surface area contributed by atoms with Gasteiger partial charge in [-0.2, -0.15) is 5.10 Å². The summed E-state index contributed by atoms with van der Waals surface area (Å²) in [6.07, 6.45) is 10.8. The molecule has 0 aliphatic carbocycles. The van der Waals surface area contributed by atoms with Crippen LogP contribution in [0, 0.1) is 21.3 Å². The average Bonchev–Trinajstić information content (AvgIpc) is 3.76. The number of likely N-dealkylation sites (tertiary alicyclic amines) is 1. The number of carbonyl (C=O) groups is 2. The number of nitro benzene ring substituents is 1. The number of aromatic nitrogens is 2. The molecule has 0 radical (unpaired) electrons. The first kappa shape index (κ1) is 34.5. The first-order chi connectivity index (χ1) is 25.1. The van der Waals surface area contributed by atoms with Gasteiger partial charge < -0.3 is 19.4 Å². The second-order valence-corrected chi connectivity index (χ2v) is 15.4. The Morgan fingerprint density at radius 2 is 1.69 bits per heavy atom. The van der Waals surface area contributed by atoms with E-state index in [4.69, 9.17) is 4.74 Å². The maximum atomic E-state index is 15.7. The highest BCUT2D eigenvalue weighted by Crippen LogP contribution is 2.45. The van der Waals surface area contributed by atoms with E-state index in [0.29, 0.717) is 37.7 Å². The summed E-state index contributed by atoms with van der Waals surface area (Å²) in [6, 6.07) is 7.20. The van der Waals surface area contributed by atoms with Gasteiger partial charge in [-0.15, -0.1) is 0 Å². The van der Waals surface area contributed by atoms with Crippen molar-refractivity contribution >= 4 is 28.9 Å². The number of fused-ring (bicyclic) bond motifs is 1. The topological polar surface area (TPSA) is 129 Å². The molecule has 14 heteroatoms. The fourth-order valence-corrected chi connectivity index (χ4v) is 9.50. The molecule has 5 aliphatic heterocycles. The standard InChI is InChI=1S/C38H47FN8O5/c1-42-21-27(20-40-42)29-18-34(47(50)51)35(52-2)19-32(29)44-12-6-28(7-13-44)43-14-9-38(10-15-43)8-3-11-45(24-38)33-17-26-23-46(22-25(26)16-30(33)39)31-4-5-36(48)41-37(31)49/h16-21,28,31H,3-15,22-24H2,1-2H3,(H,41,48,49). The van der Waals surface area contributed by atoms with Crippen LogP contribution in [-0.4, -0.2) is 94.8 Å². The van der Waals surface area contributed by atoms with Crippen LogP contribution in [0.3, 0.4) is 0 Å². The van der Waals surface area contributed by atoms with Crippen molar-refractivity contribution in [2.45, 2.75) is 76.5 Å². The molecule has 6 heterocycles. The monoisotopic (exact) mass is 714 g/mol. The van der Waals surface area contributed by atoms with Crippen molar-refractivity contribution in [3.05, 3.63) is 63.7 Å². The lowest BCUT2D eigenvalue weighted by molar-refractivity contribution is -0.385. The highest BCUT2D eigenvalue weighted by molar-refractivity contribution is 6.00. The minimum atomic E-state index is -0.398. The molecule has 2 aromatic carbocycles. The second-order valence-electron chi connectivity index (χ2n) is 15.4. The van der Waals surface area contributed by atoms with Gasteiger partial charge in [-0.05, 0) is 86.7 Å². The lowest BCUT2D eigenvalue weighted by Crippen LogP contribution is -2.53. The third-order valence-corrected chi connectivity index (χ3v) is 12.4. The third-order valence-electron chi connectivity index (χ3n) is 12.4. The molecule has 1 N–H and O–H groups in total. The number of hydrogen-bond acceptors (Lipinski definition) is 10. The smallest absolute Gasteiger partial charge is 0.311 e. The Labute approximate surface area is 302 Å². The fraction of sp³-hybridized carbons (Fsp3) is 0.553. The number of aryl methyl sites for hydroxylation is 1. The van der Waals surface area contributed by atoms with Gasteiger partial charge in [0, 0.05) is 93.9 Å². The number of amides is 2. The lowest BCUT2D eigenvalue weighted by atomic mass is 9.72. The molecule has 5 aliphatic rings. The summed E-state index contributed by atoms with van der Waals surface area (Å²) in [5.74, 6) is -0.410. The molecule has 276 valence electrons. The Morgan fingerprint density at radius 1 is 0.942 bits per heavy atom. The highest BCUT2D eigenvalue weighted by Gasteiger charge is 2.42. The number of hydrogen-bond donors (Lipinski definition) is 1. The van der Waals surface area contributed by atoms with Gasteiger partial charge in [0.05, 0.1) is 30.0 Å². The Morgan fingerprint density at radius 3 is 2.37 bits per heavy atom. The zero-order chi connectivity index (χ0) is 36.1. The molecular formula is C38H47FN8O5. The summed E-state index contributed by atoms with van der Waals surface area (Å²) in [5, 5.41) is 18.6. The average molecular weight is 715 g/mol. The molecule has 4 fully saturated rings. The van der Waals surface area contributed by atoms with E-state index in [0.717, 1.165) is 106 Å². The van der Waals surface area contributed by atoms with E-state index in [-0.39, 0.29) is 40.5 Å².